The monoisotopic (exact) mass is 353 g/mol. The van der Waals surface area contributed by atoms with E-state index in [-0.39, 0.29) is 0 Å². The van der Waals surface area contributed by atoms with E-state index in [0.29, 0.717) is 20.1 Å². The third-order valence-corrected chi connectivity index (χ3v) is 5.21. The van der Waals surface area contributed by atoms with Crippen LogP contribution in [-0.4, -0.2) is 12.6 Å². The van der Waals surface area contributed by atoms with Crippen molar-refractivity contribution in [2.75, 3.05) is 6.54 Å². The van der Waals surface area contributed by atoms with Crippen LogP contribution < -0.4 is 5.32 Å². The van der Waals surface area contributed by atoms with Gasteiger partial charge >= 0.3 is 0 Å². The average molecular weight is 355 g/mol. The SMILES string of the molecule is Clc1cc(Cl)c(CCCCCCNC2CC2)c(Cl)c1Cl. The standard InChI is InChI=1S/C15H19Cl4N/c16-12-9-13(17)15(19)14(18)11(12)5-3-1-2-4-8-20-10-6-7-10/h9-10,20H,1-8H2. The average Bonchev–Trinajstić information content (AvgIpc) is 3.22. The number of nitrogens with one attached hydrogen (secondary N) is 1. The summed E-state index contributed by atoms with van der Waals surface area (Å²) in [5.41, 5.74) is 0.916. The molecule has 0 heterocycles. The van der Waals surface area contributed by atoms with Crippen LogP contribution in [0.5, 0.6) is 0 Å². The van der Waals surface area contributed by atoms with E-state index in [2.05, 4.69) is 5.32 Å². The Labute approximate surface area is 140 Å². The van der Waals surface area contributed by atoms with E-state index in [1.165, 1.54) is 32.1 Å². The molecule has 2 rings (SSSR count). The van der Waals surface area contributed by atoms with Crippen LogP contribution in [0.25, 0.3) is 0 Å². The van der Waals surface area contributed by atoms with Crippen LogP contribution in [0.15, 0.2) is 6.07 Å². The molecule has 1 fully saturated rings. The fourth-order valence-electron chi connectivity index (χ4n) is 2.21. The van der Waals surface area contributed by atoms with Crippen molar-refractivity contribution in [3.8, 4) is 0 Å². The zero-order valence-corrected chi connectivity index (χ0v) is 14.3. The van der Waals surface area contributed by atoms with Crippen LogP contribution in [-0.2, 0) is 6.42 Å². The minimum absolute atomic E-state index is 0.404. The van der Waals surface area contributed by atoms with Gasteiger partial charge in [0.15, 0.2) is 0 Å². The lowest BCUT2D eigenvalue weighted by Gasteiger charge is -2.10. The molecule has 1 aromatic rings. The Bertz CT molecular complexity index is 458. The second kappa shape index (κ2) is 8.10. The second-order valence-electron chi connectivity index (χ2n) is 5.34. The lowest BCUT2D eigenvalue weighted by Crippen LogP contribution is -2.17. The molecule has 0 bridgehead atoms. The first-order chi connectivity index (χ1) is 9.59. The smallest absolute Gasteiger partial charge is 0.0782 e. The Morgan fingerprint density at radius 3 is 2.30 bits per heavy atom. The predicted molar refractivity (Wildman–Crippen MR) is 89.7 cm³/mol. The number of benzene rings is 1. The molecular weight excluding hydrogens is 336 g/mol. The molecule has 0 amide bonds. The van der Waals surface area contributed by atoms with Crippen LogP contribution in [0.3, 0.4) is 0 Å². The molecule has 20 heavy (non-hydrogen) atoms. The molecule has 0 saturated heterocycles. The predicted octanol–water partition coefficient (Wildman–Crippen LogP) is 6.16. The van der Waals surface area contributed by atoms with Gasteiger partial charge in [0, 0.05) is 11.1 Å². The first-order valence-corrected chi connectivity index (χ1v) is 8.66. The van der Waals surface area contributed by atoms with Gasteiger partial charge in [0.1, 0.15) is 0 Å². The van der Waals surface area contributed by atoms with Crippen molar-refractivity contribution < 1.29 is 0 Å². The van der Waals surface area contributed by atoms with Crippen molar-refractivity contribution in [2.45, 2.75) is 51.0 Å². The number of hydrogen-bond acceptors (Lipinski definition) is 1. The maximum atomic E-state index is 6.20. The van der Waals surface area contributed by atoms with Gasteiger partial charge in [-0.05, 0) is 50.3 Å². The lowest BCUT2D eigenvalue weighted by atomic mass is 10.1. The molecule has 0 radical (unpaired) electrons. The van der Waals surface area contributed by atoms with Gasteiger partial charge in [0.2, 0.25) is 0 Å². The van der Waals surface area contributed by atoms with Crippen molar-refractivity contribution in [1.82, 2.24) is 5.32 Å². The van der Waals surface area contributed by atoms with Gasteiger partial charge in [-0.3, -0.25) is 0 Å². The van der Waals surface area contributed by atoms with E-state index in [9.17, 15) is 0 Å². The van der Waals surface area contributed by atoms with E-state index < -0.39 is 0 Å². The van der Waals surface area contributed by atoms with Crippen molar-refractivity contribution in [3.63, 3.8) is 0 Å². The first kappa shape index (κ1) is 16.7. The highest BCUT2D eigenvalue weighted by Crippen LogP contribution is 2.38. The fraction of sp³-hybridized carbons (Fsp3) is 0.600. The summed E-state index contributed by atoms with van der Waals surface area (Å²) in [5.74, 6) is 0. The van der Waals surface area contributed by atoms with Crippen molar-refractivity contribution in [2.24, 2.45) is 0 Å². The summed E-state index contributed by atoms with van der Waals surface area (Å²) >= 11 is 24.3. The Morgan fingerprint density at radius 2 is 1.60 bits per heavy atom. The van der Waals surface area contributed by atoms with Gasteiger partial charge in [-0.25, -0.2) is 0 Å². The number of hydrogen-bond donors (Lipinski definition) is 1. The Hall–Kier alpha value is 0.340. The highest BCUT2D eigenvalue weighted by molar-refractivity contribution is 6.49. The van der Waals surface area contributed by atoms with E-state index in [1.54, 1.807) is 6.07 Å². The van der Waals surface area contributed by atoms with E-state index >= 15 is 0 Å². The molecule has 0 aromatic heterocycles. The van der Waals surface area contributed by atoms with Crippen LogP contribution in [0.2, 0.25) is 20.1 Å². The van der Waals surface area contributed by atoms with Crippen molar-refractivity contribution in [3.05, 3.63) is 31.7 Å². The molecule has 1 aromatic carbocycles. The molecule has 1 N–H and O–H groups in total. The van der Waals surface area contributed by atoms with E-state index in [1.807, 2.05) is 0 Å². The summed E-state index contributed by atoms with van der Waals surface area (Å²) in [6.07, 6.45) is 8.28. The molecule has 5 heteroatoms. The van der Waals surface area contributed by atoms with E-state index in [4.69, 9.17) is 46.4 Å². The Balaban J connectivity index is 1.69. The van der Waals surface area contributed by atoms with Crippen molar-refractivity contribution >= 4 is 46.4 Å². The summed E-state index contributed by atoms with van der Waals surface area (Å²) in [5, 5.41) is 5.45. The molecule has 1 aliphatic rings. The molecule has 1 aliphatic carbocycles. The van der Waals surface area contributed by atoms with Gasteiger partial charge < -0.3 is 5.32 Å². The van der Waals surface area contributed by atoms with Gasteiger partial charge in [0.05, 0.1) is 15.1 Å². The largest absolute Gasteiger partial charge is 0.314 e. The Morgan fingerprint density at radius 1 is 0.900 bits per heavy atom. The molecule has 1 nitrogen and oxygen atoms in total. The van der Waals surface area contributed by atoms with Crippen LogP contribution in [0, 0.1) is 0 Å². The summed E-state index contributed by atoms with van der Waals surface area (Å²) in [6, 6.07) is 2.48. The summed E-state index contributed by atoms with van der Waals surface area (Å²) < 4.78 is 0. The van der Waals surface area contributed by atoms with Gasteiger partial charge in [0.25, 0.3) is 0 Å². The maximum Gasteiger partial charge on any atom is 0.0782 e. The van der Waals surface area contributed by atoms with E-state index in [0.717, 1.165) is 31.0 Å². The number of halogens is 4. The number of unbranched alkanes of at least 4 members (excludes halogenated alkanes) is 3. The van der Waals surface area contributed by atoms with Crippen LogP contribution in [0.1, 0.15) is 44.1 Å². The Kier molecular flexibility index (Phi) is 6.77. The first-order valence-electron chi connectivity index (χ1n) is 7.15. The summed E-state index contributed by atoms with van der Waals surface area (Å²) in [6.45, 7) is 1.14. The minimum atomic E-state index is 0.404. The normalized spacial score (nSPS) is 14.8. The molecule has 0 spiro atoms. The zero-order valence-electron chi connectivity index (χ0n) is 11.3. The third kappa shape index (κ3) is 4.96. The highest BCUT2D eigenvalue weighted by atomic mass is 35.5. The molecule has 0 atom stereocenters. The minimum Gasteiger partial charge on any atom is -0.314 e. The molecule has 0 unspecified atom stereocenters. The molecular formula is C15H19Cl4N. The third-order valence-electron chi connectivity index (χ3n) is 3.57. The molecule has 1 saturated carbocycles. The summed E-state index contributed by atoms with van der Waals surface area (Å²) in [4.78, 5) is 0. The van der Waals surface area contributed by atoms with Gasteiger partial charge in [-0.2, -0.15) is 0 Å². The number of rotatable bonds is 8. The second-order valence-corrected chi connectivity index (χ2v) is 6.91. The van der Waals surface area contributed by atoms with Gasteiger partial charge in [-0.1, -0.05) is 59.2 Å². The quantitative estimate of drug-likeness (QED) is 0.335. The fourth-order valence-corrected chi connectivity index (χ4v) is 3.33. The zero-order chi connectivity index (χ0) is 14.5. The van der Waals surface area contributed by atoms with Crippen molar-refractivity contribution in [1.29, 1.82) is 0 Å². The highest BCUT2D eigenvalue weighted by Gasteiger charge is 2.19. The lowest BCUT2D eigenvalue weighted by molar-refractivity contribution is 0.585. The van der Waals surface area contributed by atoms with Crippen LogP contribution in [0.4, 0.5) is 0 Å². The molecule has 112 valence electrons. The maximum absolute atomic E-state index is 6.20. The van der Waals surface area contributed by atoms with Crippen LogP contribution >= 0.6 is 46.4 Å². The topological polar surface area (TPSA) is 12.0 Å². The molecule has 0 aliphatic heterocycles. The summed E-state index contributed by atoms with van der Waals surface area (Å²) in [7, 11) is 0. The van der Waals surface area contributed by atoms with Gasteiger partial charge in [-0.15, -0.1) is 0 Å².